The van der Waals surface area contributed by atoms with E-state index < -0.39 is 0 Å². The maximum absolute atomic E-state index is 12.9. The molecule has 0 spiro atoms. The van der Waals surface area contributed by atoms with Crippen LogP contribution in [0.1, 0.15) is 23.2 Å². The number of piperidine rings is 1. The third-order valence-electron chi connectivity index (χ3n) is 4.63. The van der Waals surface area contributed by atoms with Crippen LogP contribution < -0.4 is 10.6 Å². The minimum Gasteiger partial charge on any atom is -0.338 e. The average Bonchev–Trinajstić information content (AvgIpc) is 2.74. The zero-order valence-corrected chi connectivity index (χ0v) is 16.5. The van der Waals surface area contributed by atoms with Crippen LogP contribution in [0, 0.1) is 17.1 Å². The van der Waals surface area contributed by atoms with Crippen LogP contribution in [0.2, 0.25) is 0 Å². The quantitative estimate of drug-likeness (QED) is 0.730. The molecule has 0 aliphatic carbocycles. The molecule has 2 N–H and O–H groups in total. The van der Waals surface area contributed by atoms with E-state index in [-0.39, 0.29) is 23.8 Å². The van der Waals surface area contributed by atoms with Gasteiger partial charge in [-0.15, -0.1) is 11.8 Å². The number of carbonyl (C=O) groups is 2. The van der Waals surface area contributed by atoms with Gasteiger partial charge in [-0.1, -0.05) is 12.1 Å². The van der Waals surface area contributed by atoms with Gasteiger partial charge in [0.2, 0.25) is 0 Å². The molecule has 0 unspecified atom stereocenters. The third-order valence-corrected chi connectivity index (χ3v) is 5.57. The molecule has 0 atom stereocenters. The number of hydrogen-bond acceptors (Lipinski definition) is 4. The molecule has 1 aliphatic heterocycles. The Morgan fingerprint density at radius 3 is 2.52 bits per heavy atom. The largest absolute Gasteiger partial charge is 0.338 e. The second kappa shape index (κ2) is 9.94. The molecule has 1 saturated heterocycles. The number of nitrogens with zero attached hydrogens (tertiary/aromatic N) is 2. The lowest BCUT2D eigenvalue weighted by Gasteiger charge is -2.32. The Labute approximate surface area is 173 Å². The van der Waals surface area contributed by atoms with Crippen LogP contribution in [-0.4, -0.2) is 41.7 Å². The van der Waals surface area contributed by atoms with Gasteiger partial charge in [0.05, 0.1) is 17.4 Å². The van der Waals surface area contributed by atoms with Crippen molar-refractivity contribution in [2.75, 3.05) is 24.2 Å². The summed E-state index contributed by atoms with van der Waals surface area (Å²) in [5.74, 6) is -0.125. The van der Waals surface area contributed by atoms with Crippen LogP contribution in [-0.2, 0) is 0 Å². The Balaban J connectivity index is 1.51. The first kappa shape index (κ1) is 20.7. The highest BCUT2D eigenvalue weighted by molar-refractivity contribution is 7.99. The fourth-order valence-corrected chi connectivity index (χ4v) is 3.87. The molecule has 0 aromatic heterocycles. The molecule has 1 aliphatic rings. The van der Waals surface area contributed by atoms with E-state index in [1.807, 2.05) is 18.2 Å². The number of thioether (sulfide) groups is 1. The van der Waals surface area contributed by atoms with E-state index in [4.69, 9.17) is 5.26 Å². The number of carbonyl (C=O) groups excluding carboxylic acids is 2. The van der Waals surface area contributed by atoms with Crippen molar-refractivity contribution in [2.24, 2.45) is 0 Å². The second-order valence-corrected chi connectivity index (χ2v) is 7.63. The first-order chi connectivity index (χ1) is 14.1. The topological polar surface area (TPSA) is 85.2 Å². The van der Waals surface area contributed by atoms with Crippen molar-refractivity contribution >= 4 is 29.4 Å². The van der Waals surface area contributed by atoms with Crippen molar-refractivity contribution in [1.82, 2.24) is 10.2 Å². The van der Waals surface area contributed by atoms with E-state index in [9.17, 15) is 14.0 Å². The minimum absolute atomic E-state index is 0.0392. The van der Waals surface area contributed by atoms with E-state index in [1.54, 1.807) is 11.0 Å². The number of likely N-dealkylation sites (tertiary alicyclic amines) is 1. The predicted octanol–water partition coefficient (Wildman–Crippen LogP) is 3.87. The van der Waals surface area contributed by atoms with Gasteiger partial charge in [-0.3, -0.25) is 4.79 Å². The molecule has 1 fully saturated rings. The molecule has 2 aromatic carbocycles. The van der Waals surface area contributed by atoms with Crippen LogP contribution in [0.3, 0.4) is 0 Å². The summed E-state index contributed by atoms with van der Waals surface area (Å²) >= 11 is 1.35. The smallest absolute Gasteiger partial charge is 0.319 e. The molecule has 8 heteroatoms. The first-order valence-corrected chi connectivity index (χ1v) is 10.3. The Hall–Kier alpha value is -3.05. The van der Waals surface area contributed by atoms with Crippen molar-refractivity contribution in [3.63, 3.8) is 0 Å². The van der Waals surface area contributed by atoms with Crippen molar-refractivity contribution in [1.29, 1.82) is 5.26 Å². The number of anilines is 1. The van der Waals surface area contributed by atoms with Crippen molar-refractivity contribution in [3.05, 3.63) is 59.9 Å². The standard InChI is InChI=1S/C21H21FN4O2S/c22-15-5-7-16(8-6-15)24-21(28)25-17-9-12-26(13-10-17)20(27)18-3-1-2-4-19(18)29-14-11-23/h1-8,17H,9-10,12-14H2,(H2,24,25,28). The van der Waals surface area contributed by atoms with Gasteiger partial charge in [-0.25, -0.2) is 9.18 Å². The van der Waals surface area contributed by atoms with E-state index in [0.29, 0.717) is 42.9 Å². The zero-order valence-electron chi connectivity index (χ0n) is 15.7. The van der Waals surface area contributed by atoms with Crippen LogP contribution in [0.25, 0.3) is 0 Å². The number of rotatable bonds is 5. The van der Waals surface area contributed by atoms with Crippen LogP contribution in [0.4, 0.5) is 14.9 Å². The van der Waals surface area contributed by atoms with Crippen LogP contribution in [0.5, 0.6) is 0 Å². The highest BCUT2D eigenvalue weighted by Crippen LogP contribution is 2.24. The maximum Gasteiger partial charge on any atom is 0.319 e. The summed E-state index contributed by atoms with van der Waals surface area (Å²) in [6.07, 6.45) is 1.30. The molecule has 3 rings (SSSR count). The van der Waals surface area contributed by atoms with Crippen LogP contribution in [0.15, 0.2) is 53.4 Å². The number of benzene rings is 2. The number of nitrogens with one attached hydrogen (secondary N) is 2. The highest BCUT2D eigenvalue weighted by Gasteiger charge is 2.25. The molecule has 0 saturated carbocycles. The van der Waals surface area contributed by atoms with E-state index in [2.05, 4.69) is 16.7 Å². The molecular formula is C21H21FN4O2S. The van der Waals surface area contributed by atoms with Gasteiger partial charge in [0.25, 0.3) is 5.91 Å². The molecule has 1 heterocycles. The summed E-state index contributed by atoms with van der Waals surface area (Å²) in [4.78, 5) is 27.6. The van der Waals surface area contributed by atoms with Crippen molar-refractivity contribution in [2.45, 2.75) is 23.8 Å². The minimum atomic E-state index is -0.361. The number of hydrogen-bond donors (Lipinski definition) is 2. The number of amides is 3. The lowest BCUT2D eigenvalue weighted by atomic mass is 10.0. The third kappa shape index (κ3) is 5.72. The molecule has 150 valence electrons. The monoisotopic (exact) mass is 412 g/mol. The molecule has 2 aromatic rings. The summed E-state index contributed by atoms with van der Waals surface area (Å²) in [7, 11) is 0. The van der Waals surface area contributed by atoms with Crippen molar-refractivity contribution < 1.29 is 14.0 Å². The summed E-state index contributed by atoms with van der Waals surface area (Å²) in [6.45, 7) is 1.08. The van der Waals surface area contributed by atoms with E-state index in [1.165, 1.54) is 36.0 Å². The maximum atomic E-state index is 12.9. The van der Waals surface area contributed by atoms with Gasteiger partial charge in [0, 0.05) is 29.7 Å². The lowest BCUT2D eigenvalue weighted by Crippen LogP contribution is -2.47. The fraction of sp³-hybridized carbons (Fsp3) is 0.286. The average molecular weight is 412 g/mol. The zero-order chi connectivity index (χ0) is 20.6. The molecule has 0 radical (unpaired) electrons. The summed E-state index contributed by atoms with van der Waals surface area (Å²) in [6, 6.07) is 14.6. The van der Waals surface area contributed by atoms with Gasteiger partial charge in [-0.05, 0) is 49.2 Å². The van der Waals surface area contributed by atoms with Gasteiger partial charge >= 0.3 is 6.03 Å². The summed E-state index contributed by atoms with van der Waals surface area (Å²) in [5.41, 5.74) is 1.12. The SMILES string of the molecule is N#CCSc1ccccc1C(=O)N1CCC(NC(=O)Nc2ccc(F)cc2)CC1. The predicted molar refractivity (Wildman–Crippen MR) is 110 cm³/mol. The summed E-state index contributed by atoms with van der Waals surface area (Å²) in [5, 5.41) is 14.4. The Kier molecular flexibility index (Phi) is 7.09. The second-order valence-electron chi connectivity index (χ2n) is 6.61. The number of urea groups is 1. The summed E-state index contributed by atoms with van der Waals surface area (Å²) < 4.78 is 12.9. The van der Waals surface area contributed by atoms with E-state index >= 15 is 0 Å². The van der Waals surface area contributed by atoms with Gasteiger partial charge < -0.3 is 15.5 Å². The van der Waals surface area contributed by atoms with Gasteiger partial charge in [0.15, 0.2) is 0 Å². The van der Waals surface area contributed by atoms with Crippen LogP contribution >= 0.6 is 11.8 Å². The fourth-order valence-electron chi connectivity index (χ4n) is 3.16. The lowest BCUT2D eigenvalue weighted by molar-refractivity contribution is 0.0705. The number of halogens is 1. The normalized spacial score (nSPS) is 14.1. The van der Waals surface area contributed by atoms with Gasteiger partial charge in [0.1, 0.15) is 5.82 Å². The first-order valence-electron chi connectivity index (χ1n) is 9.28. The number of nitriles is 1. The van der Waals surface area contributed by atoms with Crippen molar-refractivity contribution in [3.8, 4) is 6.07 Å². The molecule has 3 amide bonds. The Morgan fingerprint density at radius 1 is 1.14 bits per heavy atom. The van der Waals surface area contributed by atoms with E-state index in [0.717, 1.165) is 4.90 Å². The highest BCUT2D eigenvalue weighted by atomic mass is 32.2. The molecular weight excluding hydrogens is 391 g/mol. The molecule has 6 nitrogen and oxygen atoms in total. The van der Waals surface area contributed by atoms with Gasteiger partial charge in [-0.2, -0.15) is 5.26 Å². The molecule has 0 bridgehead atoms. The molecule has 29 heavy (non-hydrogen) atoms. The Morgan fingerprint density at radius 2 is 1.83 bits per heavy atom. The Bertz CT molecular complexity index is 906.